The summed E-state index contributed by atoms with van der Waals surface area (Å²) in [4.78, 5) is 0. The second-order valence-electron chi connectivity index (χ2n) is 4.89. The van der Waals surface area contributed by atoms with E-state index in [0.29, 0.717) is 0 Å². The molecule has 1 aliphatic rings. The number of rotatable bonds is 2. The van der Waals surface area contributed by atoms with Crippen molar-refractivity contribution < 1.29 is 13.2 Å². The highest BCUT2D eigenvalue weighted by atomic mass is 19.4. The number of halogens is 3. The smallest absolute Gasteiger partial charge is 0.382 e. The summed E-state index contributed by atoms with van der Waals surface area (Å²) >= 11 is 0. The van der Waals surface area contributed by atoms with Crippen molar-refractivity contribution >= 4 is 5.69 Å². The number of benzene rings is 1. The average Bonchev–Trinajstić information content (AvgIpc) is 2.66. The van der Waals surface area contributed by atoms with Crippen LogP contribution in [0, 0.1) is 11.3 Å². The van der Waals surface area contributed by atoms with E-state index in [1.807, 2.05) is 0 Å². The van der Waals surface area contributed by atoms with Gasteiger partial charge in [-0.05, 0) is 50.6 Å². The van der Waals surface area contributed by atoms with Crippen LogP contribution in [0.2, 0.25) is 0 Å². The van der Waals surface area contributed by atoms with Gasteiger partial charge in [-0.15, -0.1) is 0 Å². The molecule has 2 N–H and O–H groups in total. The predicted octanol–water partition coefficient (Wildman–Crippen LogP) is 3.13. The number of hydrogen-bond acceptors (Lipinski definition) is 3. The van der Waals surface area contributed by atoms with Crippen molar-refractivity contribution in [1.82, 2.24) is 5.32 Å². The van der Waals surface area contributed by atoms with Crippen molar-refractivity contribution in [3.63, 3.8) is 0 Å². The third kappa shape index (κ3) is 3.64. The van der Waals surface area contributed by atoms with Crippen molar-refractivity contribution in [2.75, 3.05) is 18.4 Å². The van der Waals surface area contributed by atoms with Gasteiger partial charge in [0.2, 0.25) is 0 Å². The highest BCUT2D eigenvalue weighted by Crippen LogP contribution is 2.36. The Morgan fingerprint density at radius 3 is 2.75 bits per heavy atom. The molecule has 0 spiro atoms. The number of nitrogens with zero attached hydrogens (tertiary/aromatic N) is 1. The Bertz CT molecular complexity index is 497. The maximum atomic E-state index is 13.0. The molecular weight excluding hydrogens is 267 g/mol. The van der Waals surface area contributed by atoms with Crippen LogP contribution in [0.1, 0.15) is 30.4 Å². The zero-order chi connectivity index (χ0) is 14.6. The summed E-state index contributed by atoms with van der Waals surface area (Å²) in [6, 6.07) is 5.43. The number of anilines is 1. The zero-order valence-electron chi connectivity index (χ0n) is 10.9. The first-order valence-electron chi connectivity index (χ1n) is 6.59. The first-order valence-corrected chi connectivity index (χ1v) is 6.59. The van der Waals surface area contributed by atoms with Crippen LogP contribution in [0.3, 0.4) is 0 Å². The Morgan fingerprint density at radius 1 is 1.25 bits per heavy atom. The second kappa shape index (κ2) is 6.14. The van der Waals surface area contributed by atoms with Crippen LogP contribution in [0.15, 0.2) is 18.2 Å². The van der Waals surface area contributed by atoms with Gasteiger partial charge in [-0.3, -0.25) is 0 Å². The third-order valence-electron chi connectivity index (χ3n) is 3.39. The molecule has 0 radical (unpaired) electrons. The Morgan fingerprint density at radius 2 is 2.05 bits per heavy atom. The summed E-state index contributed by atoms with van der Waals surface area (Å²) in [6.07, 6.45) is -1.89. The molecule has 20 heavy (non-hydrogen) atoms. The largest absolute Gasteiger partial charge is 0.418 e. The van der Waals surface area contributed by atoms with Gasteiger partial charge in [-0.2, -0.15) is 18.4 Å². The van der Waals surface area contributed by atoms with E-state index in [9.17, 15) is 13.2 Å². The van der Waals surface area contributed by atoms with Crippen LogP contribution in [-0.4, -0.2) is 19.1 Å². The molecule has 1 aromatic carbocycles. The van der Waals surface area contributed by atoms with Crippen LogP contribution in [0.25, 0.3) is 0 Å². The Kier molecular flexibility index (Phi) is 4.50. The van der Waals surface area contributed by atoms with E-state index in [0.717, 1.165) is 38.4 Å². The van der Waals surface area contributed by atoms with E-state index in [2.05, 4.69) is 10.6 Å². The average molecular weight is 283 g/mol. The van der Waals surface area contributed by atoms with E-state index in [1.54, 1.807) is 6.07 Å². The van der Waals surface area contributed by atoms with E-state index >= 15 is 0 Å². The number of alkyl halides is 3. The normalized spacial score (nSPS) is 20.0. The third-order valence-corrected chi connectivity index (χ3v) is 3.39. The lowest BCUT2D eigenvalue weighted by molar-refractivity contribution is -0.137. The van der Waals surface area contributed by atoms with Crippen LogP contribution in [0.5, 0.6) is 0 Å². The second-order valence-corrected chi connectivity index (χ2v) is 4.89. The van der Waals surface area contributed by atoms with Crippen LogP contribution >= 0.6 is 0 Å². The minimum Gasteiger partial charge on any atom is -0.382 e. The Hall–Kier alpha value is -1.74. The molecule has 0 amide bonds. The van der Waals surface area contributed by atoms with Crippen LogP contribution in [-0.2, 0) is 6.18 Å². The molecule has 3 nitrogen and oxygen atoms in total. The summed E-state index contributed by atoms with van der Waals surface area (Å²) in [7, 11) is 0. The molecule has 1 saturated heterocycles. The first-order chi connectivity index (χ1) is 9.50. The predicted molar refractivity (Wildman–Crippen MR) is 70.3 cm³/mol. The fourth-order valence-electron chi connectivity index (χ4n) is 2.36. The Labute approximate surface area is 115 Å². The summed E-state index contributed by atoms with van der Waals surface area (Å²) in [5.74, 6) is 0. The molecule has 1 fully saturated rings. The van der Waals surface area contributed by atoms with Gasteiger partial charge in [-0.25, -0.2) is 0 Å². The lowest BCUT2D eigenvalue weighted by Crippen LogP contribution is -2.23. The van der Waals surface area contributed by atoms with Gasteiger partial charge in [-0.1, -0.05) is 0 Å². The number of nitriles is 1. The molecule has 108 valence electrons. The first kappa shape index (κ1) is 14.7. The molecule has 1 aromatic rings. The van der Waals surface area contributed by atoms with Crippen molar-refractivity contribution in [1.29, 1.82) is 5.26 Å². The number of nitrogens with one attached hydrogen (secondary N) is 2. The van der Waals surface area contributed by atoms with Crippen molar-refractivity contribution in [3.05, 3.63) is 29.3 Å². The molecule has 0 aliphatic carbocycles. The van der Waals surface area contributed by atoms with E-state index in [-0.39, 0.29) is 17.3 Å². The van der Waals surface area contributed by atoms with E-state index in [4.69, 9.17) is 5.26 Å². The fraction of sp³-hybridized carbons (Fsp3) is 0.500. The minimum atomic E-state index is -4.46. The lowest BCUT2D eigenvalue weighted by atomic mass is 10.1. The molecule has 1 aliphatic heterocycles. The van der Waals surface area contributed by atoms with Crippen molar-refractivity contribution in [3.8, 4) is 6.07 Å². The van der Waals surface area contributed by atoms with Gasteiger partial charge in [0.15, 0.2) is 0 Å². The van der Waals surface area contributed by atoms with Gasteiger partial charge in [0, 0.05) is 11.7 Å². The van der Waals surface area contributed by atoms with Crippen LogP contribution < -0.4 is 10.6 Å². The standard InChI is InChI=1S/C14H16F3N3/c15-14(16,17)12-8-10(9-18)3-4-13(12)20-11-2-1-6-19-7-5-11/h3-4,8,11,19-20H,1-2,5-7H2. The molecule has 0 saturated carbocycles. The van der Waals surface area contributed by atoms with E-state index in [1.165, 1.54) is 12.1 Å². The molecule has 0 bridgehead atoms. The molecule has 2 rings (SSSR count). The maximum Gasteiger partial charge on any atom is 0.418 e. The summed E-state index contributed by atoms with van der Waals surface area (Å²) < 4.78 is 39.1. The molecule has 1 heterocycles. The summed E-state index contributed by atoms with van der Waals surface area (Å²) in [5, 5.41) is 14.9. The van der Waals surface area contributed by atoms with Crippen molar-refractivity contribution in [2.24, 2.45) is 0 Å². The van der Waals surface area contributed by atoms with Gasteiger partial charge < -0.3 is 10.6 Å². The lowest BCUT2D eigenvalue weighted by Gasteiger charge is -2.21. The summed E-state index contributed by atoms with van der Waals surface area (Å²) in [5.41, 5.74) is -0.692. The summed E-state index contributed by atoms with van der Waals surface area (Å²) in [6.45, 7) is 1.70. The molecular formula is C14H16F3N3. The van der Waals surface area contributed by atoms with Crippen molar-refractivity contribution in [2.45, 2.75) is 31.5 Å². The fourth-order valence-corrected chi connectivity index (χ4v) is 2.36. The quantitative estimate of drug-likeness (QED) is 0.876. The number of hydrogen-bond donors (Lipinski definition) is 2. The maximum absolute atomic E-state index is 13.0. The monoisotopic (exact) mass is 283 g/mol. The SMILES string of the molecule is N#Cc1ccc(NC2CCCNCC2)c(C(F)(F)F)c1. The Balaban J connectivity index is 2.24. The van der Waals surface area contributed by atoms with Gasteiger partial charge in [0.25, 0.3) is 0 Å². The topological polar surface area (TPSA) is 47.9 Å². The van der Waals surface area contributed by atoms with E-state index < -0.39 is 11.7 Å². The van der Waals surface area contributed by atoms with Gasteiger partial charge in [0.05, 0.1) is 17.2 Å². The minimum absolute atomic E-state index is 0.0189. The molecule has 6 heteroatoms. The highest BCUT2D eigenvalue weighted by Gasteiger charge is 2.34. The van der Waals surface area contributed by atoms with Gasteiger partial charge in [0.1, 0.15) is 0 Å². The molecule has 0 aromatic heterocycles. The van der Waals surface area contributed by atoms with Gasteiger partial charge >= 0.3 is 6.18 Å². The molecule has 1 unspecified atom stereocenters. The molecule has 1 atom stereocenters. The zero-order valence-corrected chi connectivity index (χ0v) is 10.9. The van der Waals surface area contributed by atoms with Crippen LogP contribution in [0.4, 0.5) is 18.9 Å². The highest BCUT2D eigenvalue weighted by molar-refractivity contribution is 5.56.